The van der Waals surface area contributed by atoms with Gasteiger partial charge < -0.3 is 0 Å². The molecule has 0 spiro atoms. The minimum atomic E-state index is 0.0639. The van der Waals surface area contributed by atoms with Crippen LogP contribution in [-0.4, -0.2) is 10.8 Å². The molecule has 0 fully saturated rings. The molecule has 0 saturated heterocycles. The predicted molar refractivity (Wildman–Crippen MR) is 80.2 cm³/mol. The number of halogens is 2. The van der Waals surface area contributed by atoms with Crippen LogP contribution in [0.2, 0.25) is 0 Å². The second-order valence-corrected chi connectivity index (χ2v) is 6.45. The molecule has 0 saturated carbocycles. The Balaban J connectivity index is 2.24. The molecule has 92 valence electrons. The zero-order valence-electron chi connectivity index (χ0n) is 9.48. The molecule has 2 rings (SSSR count). The van der Waals surface area contributed by atoms with Gasteiger partial charge in [-0.05, 0) is 63.0 Å². The van der Waals surface area contributed by atoms with E-state index in [2.05, 4.69) is 36.8 Å². The Morgan fingerprint density at radius 1 is 1.22 bits per heavy atom. The van der Waals surface area contributed by atoms with Gasteiger partial charge in [0, 0.05) is 25.6 Å². The normalized spacial score (nSPS) is 10.4. The summed E-state index contributed by atoms with van der Waals surface area (Å²) >= 11 is 8.38. The number of carbonyl (C=O) groups excluding carboxylic acids is 1. The zero-order valence-corrected chi connectivity index (χ0v) is 13.5. The highest BCUT2D eigenvalue weighted by atomic mass is 79.9. The van der Waals surface area contributed by atoms with Gasteiger partial charge in [0.15, 0.2) is 5.78 Å². The van der Waals surface area contributed by atoms with Gasteiger partial charge in [0.2, 0.25) is 0 Å². The Hall–Kier alpha value is -0.650. The van der Waals surface area contributed by atoms with Gasteiger partial charge in [-0.2, -0.15) is 0 Å². The number of pyridine rings is 1. The van der Waals surface area contributed by atoms with E-state index in [4.69, 9.17) is 0 Å². The molecule has 1 aromatic heterocycles. The quantitative estimate of drug-likeness (QED) is 0.698. The van der Waals surface area contributed by atoms with Crippen LogP contribution in [0.4, 0.5) is 0 Å². The molecule has 1 heterocycles. The van der Waals surface area contributed by atoms with Gasteiger partial charge in [-0.1, -0.05) is 17.8 Å². The van der Waals surface area contributed by atoms with Crippen molar-refractivity contribution in [3.05, 3.63) is 51.0 Å². The number of benzene rings is 1. The summed E-state index contributed by atoms with van der Waals surface area (Å²) in [5, 5.41) is 0.912. The molecule has 0 aliphatic rings. The van der Waals surface area contributed by atoms with Crippen LogP contribution in [0.1, 0.15) is 17.3 Å². The minimum absolute atomic E-state index is 0.0639. The van der Waals surface area contributed by atoms with E-state index in [1.54, 1.807) is 24.9 Å². The summed E-state index contributed by atoms with van der Waals surface area (Å²) in [4.78, 5) is 16.6. The van der Waals surface area contributed by atoms with Crippen LogP contribution in [0.3, 0.4) is 0 Å². The lowest BCUT2D eigenvalue weighted by molar-refractivity contribution is 0.101. The summed E-state index contributed by atoms with van der Waals surface area (Å²) in [6.07, 6.45) is 1.76. The second kappa shape index (κ2) is 5.99. The Labute approximate surface area is 126 Å². The number of hydrogen-bond donors (Lipinski definition) is 0. The van der Waals surface area contributed by atoms with Crippen molar-refractivity contribution in [3.63, 3.8) is 0 Å². The number of hydrogen-bond acceptors (Lipinski definition) is 3. The SMILES string of the molecule is CC(=O)c1ccc(Sc2ccc(Br)cn2)c(Br)c1. The molecule has 0 aliphatic carbocycles. The van der Waals surface area contributed by atoms with Crippen LogP contribution in [0, 0.1) is 0 Å². The van der Waals surface area contributed by atoms with Crippen molar-refractivity contribution in [2.24, 2.45) is 0 Å². The zero-order chi connectivity index (χ0) is 13.1. The van der Waals surface area contributed by atoms with E-state index >= 15 is 0 Å². The summed E-state index contributed by atoms with van der Waals surface area (Å²) in [5.74, 6) is 0.0639. The van der Waals surface area contributed by atoms with Crippen LogP contribution in [-0.2, 0) is 0 Å². The molecule has 5 heteroatoms. The molecule has 0 aliphatic heterocycles. The lowest BCUT2D eigenvalue weighted by Crippen LogP contribution is -1.91. The summed E-state index contributed by atoms with van der Waals surface area (Å²) in [6, 6.07) is 9.49. The molecule has 18 heavy (non-hydrogen) atoms. The highest BCUT2D eigenvalue weighted by molar-refractivity contribution is 9.10. The third-order valence-corrected chi connectivity index (χ3v) is 4.67. The summed E-state index contributed by atoms with van der Waals surface area (Å²) in [6.45, 7) is 1.56. The maximum Gasteiger partial charge on any atom is 0.159 e. The van der Waals surface area contributed by atoms with Crippen molar-refractivity contribution in [2.45, 2.75) is 16.8 Å². The number of rotatable bonds is 3. The molecule has 0 atom stereocenters. The number of aromatic nitrogens is 1. The van der Waals surface area contributed by atoms with Gasteiger partial charge in [-0.25, -0.2) is 4.98 Å². The van der Waals surface area contributed by atoms with E-state index < -0.39 is 0 Å². The van der Waals surface area contributed by atoms with Crippen molar-refractivity contribution in [1.82, 2.24) is 4.98 Å². The molecule has 2 aromatic rings. The maximum absolute atomic E-state index is 11.3. The number of Topliss-reactive ketones (excluding diaryl/α,β-unsaturated/α-hetero) is 1. The number of ketones is 1. The summed E-state index contributed by atoms with van der Waals surface area (Å²) in [7, 11) is 0. The van der Waals surface area contributed by atoms with Crippen molar-refractivity contribution in [3.8, 4) is 0 Å². The Morgan fingerprint density at radius 3 is 2.56 bits per heavy atom. The predicted octanol–water partition coefficient (Wildman–Crippen LogP) is 4.96. The van der Waals surface area contributed by atoms with Crippen LogP contribution in [0.15, 0.2) is 55.4 Å². The van der Waals surface area contributed by atoms with Gasteiger partial charge >= 0.3 is 0 Å². The standard InChI is InChI=1S/C13H9Br2NOS/c1-8(17)9-2-4-12(11(15)6-9)18-13-5-3-10(14)7-16-13/h2-7H,1H3. The first kappa shape index (κ1) is 13.8. The van der Waals surface area contributed by atoms with Crippen LogP contribution < -0.4 is 0 Å². The topological polar surface area (TPSA) is 30.0 Å². The average Bonchev–Trinajstić information content (AvgIpc) is 2.34. The molecule has 0 N–H and O–H groups in total. The molecule has 0 bridgehead atoms. The van der Waals surface area contributed by atoms with Crippen molar-refractivity contribution >= 4 is 49.4 Å². The lowest BCUT2D eigenvalue weighted by atomic mass is 10.2. The Morgan fingerprint density at radius 2 is 2.00 bits per heavy atom. The molecule has 0 unspecified atom stereocenters. The van der Waals surface area contributed by atoms with E-state index in [9.17, 15) is 4.79 Å². The minimum Gasteiger partial charge on any atom is -0.295 e. The molecular weight excluding hydrogens is 378 g/mol. The third-order valence-electron chi connectivity index (χ3n) is 2.25. The molecule has 0 radical (unpaired) electrons. The van der Waals surface area contributed by atoms with Crippen molar-refractivity contribution in [2.75, 3.05) is 0 Å². The fraction of sp³-hybridized carbons (Fsp3) is 0.0769. The van der Waals surface area contributed by atoms with E-state index in [-0.39, 0.29) is 5.78 Å². The first-order valence-corrected chi connectivity index (χ1v) is 7.56. The van der Waals surface area contributed by atoms with Gasteiger partial charge in [0.05, 0.1) is 0 Å². The van der Waals surface area contributed by atoms with Crippen molar-refractivity contribution in [1.29, 1.82) is 0 Å². The first-order valence-electron chi connectivity index (χ1n) is 5.16. The van der Waals surface area contributed by atoms with Crippen molar-refractivity contribution < 1.29 is 4.79 Å². The van der Waals surface area contributed by atoms with E-state index in [0.29, 0.717) is 5.56 Å². The van der Waals surface area contributed by atoms with Gasteiger partial charge in [-0.15, -0.1) is 0 Å². The Kier molecular flexibility index (Phi) is 4.59. The fourth-order valence-electron chi connectivity index (χ4n) is 1.34. The highest BCUT2D eigenvalue weighted by Gasteiger charge is 2.06. The largest absolute Gasteiger partial charge is 0.295 e. The third kappa shape index (κ3) is 3.43. The molecule has 1 aromatic carbocycles. The molecule has 2 nitrogen and oxygen atoms in total. The summed E-state index contributed by atoms with van der Waals surface area (Å²) < 4.78 is 1.86. The molecular formula is C13H9Br2NOS. The average molecular weight is 387 g/mol. The van der Waals surface area contributed by atoms with Crippen LogP contribution >= 0.6 is 43.6 Å². The monoisotopic (exact) mass is 385 g/mol. The second-order valence-electron chi connectivity index (χ2n) is 3.62. The van der Waals surface area contributed by atoms with E-state index in [1.807, 2.05) is 30.3 Å². The Bertz CT molecular complexity index is 584. The molecule has 0 amide bonds. The van der Waals surface area contributed by atoms with Gasteiger partial charge in [0.1, 0.15) is 5.03 Å². The maximum atomic E-state index is 11.3. The highest BCUT2D eigenvalue weighted by Crippen LogP contribution is 2.33. The number of nitrogens with zero attached hydrogens (tertiary/aromatic N) is 1. The lowest BCUT2D eigenvalue weighted by Gasteiger charge is -2.05. The first-order chi connectivity index (χ1) is 8.56. The van der Waals surface area contributed by atoms with Gasteiger partial charge in [0.25, 0.3) is 0 Å². The number of carbonyl (C=O) groups is 1. The van der Waals surface area contributed by atoms with E-state index in [0.717, 1.165) is 18.9 Å². The smallest absolute Gasteiger partial charge is 0.159 e. The van der Waals surface area contributed by atoms with Crippen LogP contribution in [0.25, 0.3) is 0 Å². The van der Waals surface area contributed by atoms with E-state index in [1.165, 1.54) is 0 Å². The van der Waals surface area contributed by atoms with Gasteiger partial charge in [-0.3, -0.25) is 4.79 Å². The summed E-state index contributed by atoms with van der Waals surface area (Å²) in [5.41, 5.74) is 0.704. The fourth-order valence-corrected chi connectivity index (χ4v) is 2.95. The van der Waals surface area contributed by atoms with Crippen LogP contribution in [0.5, 0.6) is 0 Å².